The number of thiazole rings is 1. The molecule has 29 heavy (non-hydrogen) atoms. The molecule has 0 unspecified atom stereocenters. The van der Waals surface area contributed by atoms with Gasteiger partial charge in [-0.15, -0.1) is 0 Å². The minimum Gasteiger partial charge on any atom is -0.497 e. The summed E-state index contributed by atoms with van der Waals surface area (Å²) in [5, 5.41) is 1.61. The second-order valence-electron chi connectivity index (χ2n) is 7.07. The first-order valence-corrected chi connectivity index (χ1v) is 10.4. The molecule has 0 saturated carbocycles. The topological polar surface area (TPSA) is 64.8 Å². The Labute approximate surface area is 171 Å². The molecule has 4 aromatic rings. The average Bonchev–Trinajstić information content (AvgIpc) is 3.36. The lowest BCUT2D eigenvalue weighted by Gasteiger charge is -2.31. The van der Waals surface area contributed by atoms with Gasteiger partial charge in [-0.1, -0.05) is 29.5 Å². The van der Waals surface area contributed by atoms with Crippen LogP contribution >= 0.6 is 11.3 Å². The highest BCUT2D eigenvalue weighted by Gasteiger charge is 2.27. The van der Waals surface area contributed by atoms with Crippen molar-refractivity contribution in [2.24, 2.45) is 0 Å². The summed E-state index contributed by atoms with van der Waals surface area (Å²) in [4.78, 5) is 19.2. The summed E-state index contributed by atoms with van der Waals surface area (Å²) in [6, 6.07) is 15.3. The van der Waals surface area contributed by atoms with Gasteiger partial charge in [0.05, 0.1) is 17.3 Å². The maximum Gasteiger partial charge on any atom is 0.289 e. The molecular weight excluding hydrogens is 388 g/mol. The van der Waals surface area contributed by atoms with Crippen molar-refractivity contribution >= 4 is 38.4 Å². The summed E-state index contributed by atoms with van der Waals surface area (Å²) in [7, 11) is 1.65. The van der Waals surface area contributed by atoms with Crippen LogP contribution in [0.3, 0.4) is 0 Å². The van der Waals surface area contributed by atoms with Gasteiger partial charge in [-0.05, 0) is 30.3 Å². The largest absolute Gasteiger partial charge is 0.497 e. The molecule has 0 bridgehead atoms. The number of hydrogen-bond donors (Lipinski definition) is 0. The quantitative estimate of drug-likeness (QED) is 0.488. The summed E-state index contributed by atoms with van der Waals surface area (Å²) in [6.45, 7) is 1.28. The summed E-state index contributed by atoms with van der Waals surface area (Å²) >= 11 is 1.52. The van der Waals surface area contributed by atoms with Gasteiger partial charge in [0, 0.05) is 31.3 Å². The molecule has 0 spiro atoms. The molecule has 3 heterocycles. The number of para-hydroxylation sites is 1. The Morgan fingerprint density at radius 2 is 2.00 bits per heavy atom. The van der Waals surface area contributed by atoms with Crippen LogP contribution in [0.4, 0.5) is 0 Å². The Balaban J connectivity index is 1.22. The number of furan rings is 1. The van der Waals surface area contributed by atoms with Gasteiger partial charge in [0.15, 0.2) is 5.76 Å². The SMILES string of the molecule is COc1ccc2nc(OC3CCN(C(=O)c4cc5ccccc5o4)CC3)sc2c1. The van der Waals surface area contributed by atoms with E-state index in [1.165, 1.54) is 11.3 Å². The first-order valence-electron chi connectivity index (χ1n) is 9.59. The minimum atomic E-state index is -0.0632. The molecule has 0 aliphatic carbocycles. The van der Waals surface area contributed by atoms with Crippen molar-refractivity contribution in [1.29, 1.82) is 0 Å². The van der Waals surface area contributed by atoms with E-state index < -0.39 is 0 Å². The molecule has 148 valence electrons. The molecule has 6 nitrogen and oxygen atoms in total. The second kappa shape index (κ2) is 7.40. The van der Waals surface area contributed by atoms with E-state index in [1.54, 1.807) is 7.11 Å². The Bertz CT molecular complexity index is 1140. The Morgan fingerprint density at radius 1 is 1.17 bits per heavy atom. The number of amides is 1. The molecular formula is C22H20N2O4S. The number of piperidine rings is 1. The van der Waals surface area contributed by atoms with Gasteiger partial charge in [-0.2, -0.15) is 0 Å². The third-order valence-electron chi connectivity index (χ3n) is 5.21. The van der Waals surface area contributed by atoms with E-state index in [1.807, 2.05) is 53.4 Å². The summed E-state index contributed by atoms with van der Waals surface area (Å²) in [6.07, 6.45) is 1.59. The number of likely N-dealkylation sites (tertiary alicyclic amines) is 1. The lowest BCUT2D eigenvalue weighted by Crippen LogP contribution is -2.41. The first-order chi connectivity index (χ1) is 14.2. The predicted octanol–water partition coefficient (Wildman–Crippen LogP) is 4.73. The van der Waals surface area contributed by atoms with Gasteiger partial charge in [0.2, 0.25) is 0 Å². The van der Waals surface area contributed by atoms with Gasteiger partial charge < -0.3 is 18.8 Å². The van der Waals surface area contributed by atoms with Crippen molar-refractivity contribution in [3.05, 3.63) is 54.3 Å². The number of nitrogens with zero attached hydrogens (tertiary/aromatic N) is 2. The van der Waals surface area contributed by atoms with Gasteiger partial charge in [-0.3, -0.25) is 4.79 Å². The van der Waals surface area contributed by atoms with Crippen LogP contribution in [0, 0.1) is 0 Å². The van der Waals surface area contributed by atoms with E-state index >= 15 is 0 Å². The van der Waals surface area contributed by atoms with E-state index in [2.05, 4.69) is 4.98 Å². The number of fused-ring (bicyclic) bond motifs is 2. The highest BCUT2D eigenvalue weighted by Crippen LogP contribution is 2.32. The lowest BCUT2D eigenvalue weighted by atomic mass is 10.1. The van der Waals surface area contributed by atoms with Crippen LogP contribution in [0.25, 0.3) is 21.2 Å². The highest BCUT2D eigenvalue weighted by atomic mass is 32.1. The number of hydrogen-bond acceptors (Lipinski definition) is 6. The van der Waals surface area contributed by atoms with Crippen molar-refractivity contribution in [2.45, 2.75) is 18.9 Å². The van der Waals surface area contributed by atoms with E-state index in [4.69, 9.17) is 13.9 Å². The molecule has 1 saturated heterocycles. The predicted molar refractivity (Wildman–Crippen MR) is 112 cm³/mol. The fourth-order valence-corrected chi connectivity index (χ4v) is 4.53. The van der Waals surface area contributed by atoms with Crippen molar-refractivity contribution in [3.63, 3.8) is 0 Å². The van der Waals surface area contributed by atoms with E-state index in [0.717, 1.165) is 39.8 Å². The van der Waals surface area contributed by atoms with Crippen LogP contribution < -0.4 is 9.47 Å². The van der Waals surface area contributed by atoms with E-state index in [0.29, 0.717) is 24.0 Å². The first kappa shape index (κ1) is 18.0. The van der Waals surface area contributed by atoms with Crippen molar-refractivity contribution in [3.8, 4) is 10.9 Å². The zero-order chi connectivity index (χ0) is 19.8. The highest BCUT2D eigenvalue weighted by molar-refractivity contribution is 7.20. The number of methoxy groups -OCH3 is 1. The van der Waals surface area contributed by atoms with Crippen LogP contribution in [0.5, 0.6) is 10.9 Å². The molecule has 1 amide bonds. The van der Waals surface area contributed by atoms with Crippen molar-refractivity contribution in [1.82, 2.24) is 9.88 Å². The second-order valence-corrected chi connectivity index (χ2v) is 8.06. The molecule has 1 aliphatic heterocycles. The van der Waals surface area contributed by atoms with Crippen LogP contribution in [0.1, 0.15) is 23.4 Å². The Morgan fingerprint density at radius 3 is 2.79 bits per heavy atom. The smallest absolute Gasteiger partial charge is 0.289 e. The van der Waals surface area contributed by atoms with Gasteiger partial charge >= 0.3 is 0 Å². The third-order valence-corrected chi connectivity index (χ3v) is 6.12. The third kappa shape index (κ3) is 3.53. The fraction of sp³-hybridized carbons (Fsp3) is 0.273. The molecule has 0 N–H and O–H groups in total. The zero-order valence-electron chi connectivity index (χ0n) is 16.0. The molecule has 2 aromatic heterocycles. The summed E-state index contributed by atoms with van der Waals surface area (Å²) in [5.41, 5.74) is 1.64. The molecule has 7 heteroatoms. The normalized spacial score (nSPS) is 15.1. The minimum absolute atomic E-state index is 0.0529. The van der Waals surface area contributed by atoms with Gasteiger partial charge in [0.1, 0.15) is 17.4 Å². The average molecular weight is 408 g/mol. The number of benzene rings is 2. The van der Waals surface area contributed by atoms with Gasteiger partial charge in [-0.25, -0.2) is 4.98 Å². The molecule has 1 aliphatic rings. The van der Waals surface area contributed by atoms with Crippen molar-refractivity contribution < 1.29 is 18.7 Å². The number of carbonyl (C=O) groups excluding carboxylic acids is 1. The van der Waals surface area contributed by atoms with Crippen molar-refractivity contribution in [2.75, 3.05) is 20.2 Å². The van der Waals surface area contributed by atoms with Crippen LogP contribution in [0.2, 0.25) is 0 Å². The maximum atomic E-state index is 12.8. The molecule has 0 radical (unpaired) electrons. The summed E-state index contributed by atoms with van der Waals surface area (Å²) in [5.74, 6) is 1.14. The van der Waals surface area contributed by atoms with Gasteiger partial charge in [0.25, 0.3) is 11.1 Å². The standard InChI is InChI=1S/C22H20N2O4S/c1-26-16-6-7-17-20(13-16)29-22(23-17)27-15-8-10-24(11-9-15)21(25)19-12-14-4-2-3-5-18(14)28-19/h2-7,12-13,15H,8-11H2,1H3. The Hall–Kier alpha value is -3.06. The van der Waals surface area contributed by atoms with Crippen LogP contribution in [0.15, 0.2) is 52.9 Å². The molecule has 2 aromatic carbocycles. The molecule has 5 rings (SSSR count). The lowest BCUT2D eigenvalue weighted by molar-refractivity contribution is 0.0569. The molecule has 1 fully saturated rings. The monoisotopic (exact) mass is 408 g/mol. The number of ether oxygens (including phenoxy) is 2. The number of aromatic nitrogens is 1. The molecule has 0 atom stereocenters. The maximum absolute atomic E-state index is 12.8. The van der Waals surface area contributed by atoms with Crippen LogP contribution in [-0.4, -0.2) is 42.1 Å². The summed E-state index contributed by atoms with van der Waals surface area (Å²) < 4.78 is 18.1. The fourth-order valence-electron chi connectivity index (χ4n) is 3.62. The van der Waals surface area contributed by atoms with E-state index in [-0.39, 0.29) is 12.0 Å². The van der Waals surface area contributed by atoms with E-state index in [9.17, 15) is 4.79 Å². The Kier molecular flexibility index (Phi) is 4.60. The van der Waals surface area contributed by atoms with Crippen LogP contribution in [-0.2, 0) is 0 Å². The zero-order valence-corrected chi connectivity index (χ0v) is 16.8. The number of carbonyl (C=O) groups is 1. The number of rotatable bonds is 4.